The van der Waals surface area contributed by atoms with E-state index >= 15 is 0 Å². The first-order valence-electron chi connectivity index (χ1n) is 6.66. The summed E-state index contributed by atoms with van der Waals surface area (Å²) in [6, 6.07) is 7.74. The third-order valence-electron chi connectivity index (χ3n) is 4.40. The van der Waals surface area contributed by atoms with Crippen molar-refractivity contribution < 1.29 is 9.32 Å². The van der Waals surface area contributed by atoms with Crippen LogP contribution in [-0.4, -0.2) is 19.8 Å². The van der Waals surface area contributed by atoms with Gasteiger partial charge in [-0.05, 0) is 38.7 Å². The average molecular weight is 275 g/mol. The molecule has 2 fully saturated rings. The number of nitrogens with zero attached hydrogens (tertiary/aromatic N) is 1. The van der Waals surface area contributed by atoms with E-state index in [1.807, 2.05) is 19.1 Å². The molecule has 0 saturated carbocycles. The van der Waals surface area contributed by atoms with Crippen LogP contribution in [0.2, 0.25) is 0 Å². The highest BCUT2D eigenvalue weighted by Crippen LogP contribution is 2.46. The smallest absolute Gasteiger partial charge is 0.0995 e. The molecule has 1 aromatic rings. The molecule has 2 aliphatic heterocycles. The van der Waals surface area contributed by atoms with Crippen molar-refractivity contribution in [1.82, 2.24) is 0 Å². The van der Waals surface area contributed by atoms with Gasteiger partial charge < -0.3 is 5.11 Å². The van der Waals surface area contributed by atoms with Gasteiger partial charge in [-0.2, -0.15) is 5.26 Å². The van der Waals surface area contributed by atoms with E-state index in [0.29, 0.717) is 18.4 Å². The summed E-state index contributed by atoms with van der Waals surface area (Å²) < 4.78 is 12.1. The molecule has 1 aromatic carbocycles. The zero-order chi connectivity index (χ0) is 13.6. The van der Waals surface area contributed by atoms with E-state index in [2.05, 4.69) is 6.07 Å². The Morgan fingerprint density at radius 1 is 1.37 bits per heavy atom. The van der Waals surface area contributed by atoms with Crippen LogP contribution in [0.15, 0.2) is 18.2 Å². The van der Waals surface area contributed by atoms with Crippen molar-refractivity contribution in [3.8, 4) is 6.07 Å². The van der Waals surface area contributed by atoms with Crippen LogP contribution in [0.3, 0.4) is 0 Å². The predicted octanol–water partition coefficient (Wildman–Crippen LogP) is 2.13. The van der Waals surface area contributed by atoms with Crippen LogP contribution < -0.4 is 0 Å². The summed E-state index contributed by atoms with van der Waals surface area (Å²) in [5.41, 5.74) is 1.34. The van der Waals surface area contributed by atoms with Gasteiger partial charge in [0.15, 0.2) is 0 Å². The highest BCUT2D eigenvalue weighted by molar-refractivity contribution is 7.86. The van der Waals surface area contributed by atoms with Gasteiger partial charge in [-0.3, -0.25) is 4.21 Å². The molecule has 2 aliphatic rings. The molecule has 2 heterocycles. The molecule has 0 radical (unpaired) electrons. The van der Waals surface area contributed by atoms with E-state index in [9.17, 15) is 14.6 Å². The maximum absolute atomic E-state index is 12.1. The largest absolute Gasteiger partial charge is 0.385 e. The zero-order valence-electron chi connectivity index (χ0n) is 10.9. The van der Waals surface area contributed by atoms with Crippen molar-refractivity contribution in [2.75, 3.05) is 0 Å². The maximum Gasteiger partial charge on any atom is 0.0995 e. The third-order valence-corrected chi connectivity index (χ3v) is 6.51. The fourth-order valence-corrected chi connectivity index (χ4v) is 5.60. The second-order valence-electron chi connectivity index (χ2n) is 5.75. The average Bonchev–Trinajstić information content (AvgIpc) is 2.63. The Morgan fingerprint density at radius 2 is 2.00 bits per heavy atom. The summed E-state index contributed by atoms with van der Waals surface area (Å²) in [5.74, 6) is 0. The topological polar surface area (TPSA) is 61.1 Å². The summed E-state index contributed by atoms with van der Waals surface area (Å²) in [5, 5.41) is 20.4. The molecular formula is C15H17NO2S. The highest BCUT2D eigenvalue weighted by Gasteiger charge is 2.49. The van der Waals surface area contributed by atoms with Gasteiger partial charge in [0, 0.05) is 26.9 Å². The quantitative estimate of drug-likeness (QED) is 0.854. The number of rotatable bonds is 1. The van der Waals surface area contributed by atoms with Crippen LogP contribution in [0.5, 0.6) is 0 Å². The van der Waals surface area contributed by atoms with Crippen LogP contribution in [0.4, 0.5) is 0 Å². The Labute approximate surface area is 115 Å². The van der Waals surface area contributed by atoms with Crippen LogP contribution in [0.1, 0.15) is 42.4 Å². The van der Waals surface area contributed by atoms with E-state index in [4.69, 9.17) is 0 Å². The van der Waals surface area contributed by atoms with Gasteiger partial charge in [0.25, 0.3) is 0 Å². The zero-order valence-corrected chi connectivity index (χ0v) is 11.7. The lowest BCUT2D eigenvalue weighted by atomic mass is 9.82. The Hall–Kier alpha value is -1.18. The molecule has 0 aromatic heterocycles. The van der Waals surface area contributed by atoms with Crippen molar-refractivity contribution in [1.29, 1.82) is 5.26 Å². The first-order chi connectivity index (χ1) is 9.03. The normalized spacial score (nSPS) is 37.0. The fourth-order valence-electron chi connectivity index (χ4n) is 3.44. The van der Waals surface area contributed by atoms with E-state index in [-0.39, 0.29) is 10.5 Å². The third kappa shape index (κ3) is 2.01. The minimum absolute atomic E-state index is 0.0933. The number of fused-ring (bicyclic) bond motifs is 2. The molecule has 3 rings (SSSR count). The Balaban J connectivity index is 2.05. The Morgan fingerprint density at radius 3 is 2.58 bits per heavy atom. The molecule has 0 aliphatic carbocycles. The monoisotopic (exact) mass is 275 g/mol. The van der Waals surface area contributed by atoms with Crippen molar-refractivity contribution in [2.45, 2.75) is 48.7 Å². The van der Waals surface area contributed by atoms with Gasteiger partial charge in [0.2, 0.25) is 0 Å². The number of aliphatic hydroxyl groups is 1. The molecule has 0 amide bonds. The molecule has 100 valence electrons. The minimum Gasteiger partial charge on any atom is -0.385 e. The molecule has 2 bridgehead atoms. The van der Waals surface area contributed by atoms with Crippen LogP contribution in [0, 0.1) is 18.3 Å². The molecule has 2 saturated heterocycles. The lowest BCUT2D eigenvalue weighted by Gasteiger charge is -2.36. The van der Waals surface area contributed by atoms with E-state index in [1.54, 1.807) is 6.07 Å². The summed E-state index contributed by atoms with van der Waals surface area (Å²) in [7, 11) is -0.796. The number of benzene rings is 1. The van der Waals surface area contributed by atoms with Crippen molar-refractivity contribution in [3.63, 3.8) is 0 Å². The molecule has 1 N–H and O–H groups in total. The maximum atomic E-state index is 12.1. The number of nitriles is 1. The van der Waals surface area contributed by atoms with Gasteiger partial charge in [-0.15, -0.1) is 0 Å². The summed E-state index contributed by atoms with van der Waals surface area (Å²) in [4.78, 5) is 0. The second-order valence-corrected chi connectivity index (χ2v) is 7.74. The molecule has 19 heavy (non-hydrogen) atoms. The lowest BCUT2D eigenvalue weighted by molar-refractivity contribution is 0.0181. The Bertz CT molecular complexity index is 574. The van der Waals surface area contributed by atoms with E-state index in [1.165, 1.54) is 0 Å². The van der Waals surface area contributed by atoms with Crippen LogP contribution >= 0.6 is 0 Å². The molecule has 0 spiro atoms. The van der Waals surface area contributed by atoms with Crippen LogP contribution in [-0.2, 0) is 16.4 Å². The second kappa shape index (κ2) is 4.43. The molecule has 3 nitrogen and oxygen atoms in total. The van der Waals surface area contributed by atoms with Gasteiger partial charge in [-0.25, -0.2) is 0 Å². The lowest BCUT2D eigenvalue weighted by Crippen LogP contribution is -2.40. The first-order valence-corrected chi connectivity index (χ1v) is 7.94. The van der Waals surface area contributed by atoms with E-state index in [0.717, 1.165) is 24.0 Å². The fraction of sp³-hybridized carbons (Fsp3) is 0.533. The first kappa shape index (κ1) is 12.8. The number of hydrogen-bond acceptors (Lipinski definition) is 3. The SMILES string of the molecule is Cc1ccc(C#N)c(C2(O)CC3CCC(C2)S3=O)c1. The summed E-state index contributed by atoms with van der Waals surface area (Å²) >= 11 is 0. The van der Waals surface area contributed by atoms with Crippen LogP contribution in [0.25, 0.3) is 0 Å². The molecular weight excluding hydrogens is 258 g/mol. The van der Waals surface area contributed by atoms with Crippen molar-refractivity contribution in [3.05, 3.63) is 34.9 Å². The van der Waals surface area contributed by atoms with E-state index < -0.39 is 16.4 Å². The minimum atomic E-state index is -0.975. The molecule has 4 heteroatoms. The number of aryl methyl sites for hydroxylation is 1. The van der Waals surface area contributed by atoms with Gasteiger partial charge in [0.05, 0.1) is 17.2 Å². The standard InChI is InChI=1S/C15H17NO2S/c1-10-2-3-11(9-16)14(6-10)15(17)7-12-4-5-13(8-15)19(12)18/h2-3,6,12-13,17H,4-5,7-8H2,1H3. The highest BCUT2D eigenvalue weighted by atomic mass is 32.2. The molecule has 2 atom stereocenters. The van der Waals surface area contributed by atoms with Gasteiger partial charge >= 0.3 is 0 Å². The van der Waals surface area contributed by atoms with Crippen molar-refractivity contribution >= 4 is 10.8 Å². The van der Waals surface area contributed by atoms with Gasteiger partial charge in [0.1, 0.15) is 0 Å². The molecule has 2 unspecified atom stereocenters. The summed E-state index contributed by atoms with van der Waals surface area (Å²) in [6.45, 7) is 1.96. The predicted molar refractivity (Wildman–Crippen MR) is 74.0 cm³/mol. The van der Waals surface area contributed by atoms with Gasteiger partial charge in [-0.1, -0.05) is 17.7 Å². The number of hydrogen-bond donors (Lipinski definition) is 1. The van der Waals surface area contributed by atoms with Crippen molar-refractivity contribution in [2.24, 2.45) is 0 Å². The summed E-state index contributed by atoms with van der Waals surface area (Å²) in [6.07, 6.45) is 2.92. The Kier molecular flexibility index (Phi) is 2.99.